The Morgan fingerprint density at radius 1 is 1.12 bits per heavy atom. The van der Waals surface area contributed by atoms with Crippen LogP contribution in [0.4, 0.5) is 4.79 Å². The van der Waals surface area contributed by atoms with Crippen LogP contribution in [-0.4, -0.2) is 34.1 Å². The van der Waals surface area contributed by atoms with Crippen LogP contribution in [0, 0.1) is 0 Å². The van der Waals surface area contributed by atoms with Gasteiger partial charge < -0.3 is 14.8 Å². The molecule has 1 amide bonds. The minimum atomic E-state index is -1.74. The van der Waals surface area contributed by atoms with Crippen LogP contribution in [-0.2, 0) is 20.7 Å². The van der Waals surface area contributed by atoms with Crippen molar-refractivity contribution < 1.29 is 19.1 Å². The number of carbonyl (C=O) groups excluding carboxylic acids is 2. The van der Waals surface area contributed by atoms with Gasteiger partial charge in [0.05, 0.1) is 0 Å². The molecule has 140 valence electrons. The standard InChI is InChI=1S/C16H19Cl4NO4/c1-15(2,3)25-14(23)21-12(13(22)24-9-16(18,19)20)8-10-4-6-11(17)7-5-10/h4-7,12H,8-9H2,1-3H3,(H,21,23)/t12-/m1/s1. The summed E-state index contributed by atoms with van der Waals surface area (Å²) in [6.07, 6.45) is -0.591. The third-order valence-corrected chi connectivity index (χ3v) is 3.29. The van der Waals surface area contributed by atoms with Gasteiger partial charge in [0.2, 0.25) is 3.79 Å². The Bertz CT molecular complexity index is 594. The summed E-state index contributed by atoms with van der Waals surface area (Å²) in [6.45, 7) is 4.69. The molecule has 9 heteroatoms. The lowest BCUT2D eigenvalue weighted by atomic mass is 10.1. The van der Waals surface area contributed by atoms with E-state index >= 15 is 0 Å². The van der Waals surface area contributed by atoms with Crippen molar-refractivity contribution in [2.24, 2.45) is 0 Å². The van der Waals surface area contributed by atoms with E-state index in [9.17, 15) is 9.59 Å². The predicted molar refractivity (Wildman–Crippen MR) is 99.6 cm³/mol. The number of nitrogens with one attached hydrogen (secondary N) is 1. The Morgan fingerprint density at radius 2 is 1.68 bits per heavy atom. The van der Waals surface area contributed by atoms with Crippen LogP contribution < -0.4 is 5.32 Å². The van der Waals surface area contributed by atoms with Crippen molar-refractivity contribution in [1.29, 1.82) is 0 Å². The zero-order chi connectivity index (χ0) is 19.3. The van der Waals surface area contributed by atoms with Crippen LogP contribution in [0.2, 0.25) is 5.02 Å². The summed E-state index contributed by atoms with van der Waals surface area (Å²) < 4.78 is 8.38. The number of amides is 1. The lowest BCUT2D eigenvalue weighted by molar-refractivity contribution is -0.146. The summed E-state index contributed by atoms with van der Waals surface area (Å²) in [6, 6.07) is 5.80. The van der Waals surface area contributed by atoms with Crippen LogP contribution >= 0.6 is 46.4 Å². The zero-order valence-corrected chi connectivity index (χ0v) is 17.0. The number of rotatable bonds is 5. The van der Waals surface area contributed by atoms with Gasteiger partial charge >= 0.3 is 12.1 Å². The van der Waals surface area contributed by atoms with E-state index in [-0.39, 0.29) is 6.42 Å². The van der Waals surface area contributed by atoms with Gasteiger partial charge in [0.25, 0.3) is 0 Å². The number of hydrogen-bond donors (Lipinski definition) is 1. The molecule has 1 rings (SSSR count). The molecule has 1 aromatic rings. The third kappa shape index (κ3) is 10.00. The molecule has 0 radical (unpaired) electrons. The number of hydrogen-bond acceptors (Lipinski definition) is 4. The number of alkyl halides is 3. The largest absolute Gasteiger partial charge is 0.460 e. The summed E-state index contributed by atoms with van der Waals surface area (Å²) in [7, 11) is 0. The minimum Gasteiger partial charge on any atom is -0.460 e. The van der Waals surface area contributed by atoms with Gasteiger partial charge in [0.15, 0.2) is 0 Å². The molecule has 0 saturated heterocycles. The van der Waals surface area contributed by atoms with Gasteiger partial charge in [-0.15, -0.1) is 0 Å². The molecule has 0 fully saturated rings. The number of benzene rings is 1. The third-order valence-electron chi connectivity index (χ3n) is 2.71. The van der Waals surface area contributed by atoms with E-state index in [2.05, 4.69) is 5.32 Å². The van der Waals surface area contributed by atoms with Crippen molar-refractivity contribution in [3.05, 3.63) is 34.9 Å². The average molecular weight is 431 g/mol. The van der Waals surface area contributed by atoms with Gasteiger partial charge in [-0.1, -0.05) is 58.5 Å². The number of esters is 1. The fraction of sp³-hybridized carbons (Fsp3) is 0.500. The first-order valence-corrected chi connectivity index (χ1v) is 8.84. The van der Waals surface area contributed by atoms with Crippen molar-refractivity contribution in [3.63, 3.8) is 0 Å². The molecule has 0 heterocycles. The summed E-state index contributed by atoms with van der Waals surface area (Å²) >= 11 is 22.6. The van der Waals surface area contributed by atoms with E-state index in [1.54, 1.807) is 45.0 Å². The normalized spacial score (nSPS) is 13.1. The van der Waals surface area contributed by atoms with Crippen LogP contribution in [0.3, 0.4) is 0 Å². The highest BCUT2D eigenvalue weighted by atomic mass is 35.6. The van der Waals surface area contributed by atoms with Crippen LogP contribution in [0.25, 0.3) is 0 Å². The van der Waals surface area contributed by atoms with E-state index in [4.69, 9.17) is 55.9 Å². The number of ether oxygens (including phenoxy) is 2. The molecular weight excluding hydrogens is 412 g/mol. The predicted octanol–water partition coefficient (Wildman–Crippen LogP) is 4.69. The molecule has 1 aromatic carbocycles. The van der Waals surface area contributed by atoms with E-state index in [1.807, 2.05) is 0 Å². The molecule has 0 spiro atoms. The van der Waals surface area contributed by atoms with Gasteiger partial charge in [-0.2, -0.15) is 0 Å². The van der Waals surface area contributed by atoms with Gasteiger partial charge in [0, 0.05) is 11.4 Å². The number of carbonyl (C=O) groups is 2. The van der Waals surface area contributed by atoms with Gasteiger partial charge in [-0.25, -0.2) is 9.59 Å². The fourth-order valence-electron chi connectivity index (χ4n) is 1.75. The molecule has 0 aliphatic carbocycles. The van der Waals surface area contributed by atoms with Crippen LogP contribution in [0.1, 0.15) is 26.3 Å². The highest BCUT2D eigenvalue weighted by molar-refractivity contribution is 6.67. The first-order chi connectivity index (χ1) is 11.4. The highest BCUT2D eigenvalue weighted by Gasteiger charge is 2.29. The second-order valence-electron chi connectivity index (χ2n) is 6.25. The fourth-order valence-corrected chi connectivity index (χ4v) is 2.04. The van der Waals surface area contributed by atoms with Gasteiger partial charge in [0.1, 0.15) is 18.2 Å². The second-order valence-corrected chi connectivity index (χ2v) is 9.20. The van der Waals surface area contributed by atoms with E-state index in [0.29, 0.717) is 5.02 Å². The maximum Gasteiger partial charge on any atom is 0.408 e. The highest BCUT2D eigenvalue weighted by Crippen LogP contribution is 2.26. The zero-order valence-electron chi connectivity index (χ0n) is 13.9. The summed E-state index contributed by atoms with van der Waals surface area (Å²) in [4.78, 5) is 24.2. The molecule has 0 unspecified atom stereocenters. The Balaban J connectivity index is 2.83. The van der Waals surface area contributed by atoms with E-state index in [1.165, 1.54) is 0 Å². The first-order valence-electron chi connectivity index (χ1n) is 7.33. The number of alkyl carbamates (subject to hydrolysis) is 1. The Morgan fingerprint density at radius 3 is 2.16 bits per heavy atom. The maximum atomic E-state index is 12.3. The molecule has 0 aliphatic heterocycles. The lowest BCUT2D eigenvalue weighted by Crippen LogP contribution is -2.46. The van der Waals surface area contributed by atoms with Crippen LogP contribution in [0.15, 0.2) is 24.3 Å². The number of halogens is 4. The smallest absolute Gasteiger partial charge is 0.408 e. The van der Waals surface area contributed by atoms with Crippen molar-refractivity contribution in [1.82, 2.24) is 5.32 Å². The van der Waals surface area contributed by atoms with Crippen molar-refractivity contribution in [3.8, 4) is 0 Å². The molecule has 5 nitrogen and oxygen atoms in total. The second kappa shape index (κ2) is 9.17. The first kappa shape index (κ1) is 22.2. The van der Waals surface area contributed by atoms with E-state index in [0.717, 1.165) is 5.56 Å². The van der Waals surface area contributed by atoms with Crippen LogP contribution in [0.5, 0.6) is 0 Å². The molecule has 0 aromatic heterocycles. The molecule has 0 bridgehead atoms. The van der Waals surface area contributed by atoms with Gasteiger partial charge in [-0.3, -0.25) is 0 Å². The molecular formula is C16H19Cl4NO4. The molecule has 25 heavy (non-hydrogen) atoms. The average Bonchev–Trinajstić information content (AvgIpc) is 2.43. The molecule has 1 N–H and O–H groups in total. The SMILES string of the molecule is CC(C)(C)OC(=O)N[C@H](Cc1ccc(Cl)cc1)C(=O)OCC(Cl)(Cl)Cl. The maximum absolute atomic E-state index is 12.3. The lowest BCUT2D eigenvalue weighted by Gasteiger charge is -2.23. The summed E-state index contributed by atoms with van der Waals surface area (Å²) in [5.41, 5.74) is 0.0485. The minimum absolute atomic E-state index is 0.162. The van der Waals surface area contributed by atoms with Crippen molar-refractivity contribution in [2.75, 3.05) is 6.61 Å². The Labute approximate surface area is 166 Å². The molecule has 1 atom stereocenters. The van der Waals surface area contributed by atoms with E-state index < -0.39 is 34.1 Å². The Kier molecular flexibility index (Phi) is 8.13. The summed E-state index contributed by atoms with van der Waals surface area (Å²) in [5, 5.41) is 3.03. The molecule has 0 aliphatic rings. The quantitative estimate of drug-likeness (QED) is 0.543. The topological polar surface area (TPSA) is 64.6 Å². The van der Waals surface area contributed by atoms with Gasteiger partial charge in [-0.05, 0) is 38.5 Å². The molecule has 0 saturated carbocycles. The Hall–Kier alpha value is -0.880. The monoisotopic (exact) mass is 429 g/mol. The van der Waals surface area contributed by atoms with Crippen molar-refractivity contribution >= 4 is 58.5 Å². The van der Waals surface area contributed by atoms with Crippen molar-refractivity contribution in [2.45, 2.75) is 42.6 Å². The summed E-state index contributed by atoms with van der Waals surface area (Å²) in [5.74, 6) is -0.743.